The van der Waals surface area contributed by atoms with Crippen molar-refractivity contribution in [2.45, 2.75) is 12.0 Å². The van der Waals surface area contributed by atoms with Gasteiger partial charge in [0.2, 0.25) is 0 Å². The van der Waals surface area contributed by atoms with Crippen LogP contribution in [0.1, 0.15) is 34.5 Å². The van der Waals surface area contributed by atoms with E-state index in [1.165, 1.54) is 0 Å². The van der Waals surface area contributed by atoms with Gasteiger partial charge in [0, 0.05) is 30.6 Å². The highest BCUT2D eigenvalue weighted by atomic mass is 16.6. The van der Waals surface area contributed by atoms with Gasteiger partial charge in [0.1, 0.15) is 5.76 Å². The first-order chi connectivity index (χ1) is 11.2. The van der Waals surface area contributed by atoms with E-state index in [1.807, 2.05) is 24.4 Å². The Labute approximate surface area is 132 Å². The standard InChI is InChI=1S/C17H15N3O3/c21-20(22)12-5-3-11(4-6-12)16-13-7-8-18-17(13)14(10-19-16)15-2-1-9-23-15/h1-9,14,16,18-19H,10H2/t14-,16-/m1/s1. The molecule has 0 bridgehead atoms. The molecule has 0 saturated carbocycles. The molecule has 0 aliphatic carbocycles. The van der Waals surface area contributed by atoms with Gasteiger partial charge in [0.15, 0.2) is 0 Å². The third-order valence-corrected chi connectivity index (χ3v) is 4.32. The molecule has 1 aromatic carbocycles. The Morgan fingerprint density at radius 3 is 2.70 bits per heavy atom. The minimum absolute atomic E-state index is 0.0169. The lowest BCUT2D eigenvalue weighted by Crippen LogP contribution is -2.33. The largest absolute Gasteiger partial charge is 0.469 e. The molecule has 1 aliphatic heterocycles. The van der Waals surface area contributed by atoms with Crippen molar-refractivity contribution >= 4 is 5.69 Å². The highest BCUT2D eigenvalue weighted by Crippen LogP contribution is 2.36. The number of nitro groups is 1. The maximum absolute atomic E-state index is 10.8. The number of hydrogen-bond donors (Lipinski definition) is 2. The van der Waals surface area contributed by atoms with E-state index in [2.05, 4.69) is 10.3 Å². The molecule has 6 heteroatoms. The summed E-state index contributed by atoms with van der Waals surface area (Å²) in [4.78, 5) is 13.7. The third-order valence-electron chi connectivity index (χ3n) is 4.32. The SMILES string of the molecule is O=[N+]([O-])c1ccc([C@H]2NC[C@H](c3ccco3)c3[nH]ccc32)cc1. The van der Waals surface area contributed by atoms with Crippen LogP contribution < -0.4 is 5.32 Å². The van der Waals surface area contributed by atoms with Crippen molar-refractivity contribution in [3.63, 3.8) is 0 Å². The molecule has 23 heavy (non-hydrogen) atoms. The lowest BCUT2D eigenvalue weighted by Gasteiger charge is -2.29. The molecule has 3 aromatic rings. The second-order valence-electron chi connectivity index (χ2n) is 5.60. The van der Waals surface area contributed by atoms with Gasteiger partial charge in [-0.25, -0.2) is 0 Å². The summed E-state index contributed by atoms with van der Waals surface area (Å²) in [6, 6.07) is 12.6. The summed E-state index contributed by atoms with van der Waals surface area (Å²) in [7, 11) is 0. The van der Waals surface area contributed by atoms with Crippen LogP contribution in [0.4, 0.5) is 5.69 Å². The predicted octanol–water partition coefficient (Wildman–Crippen LogP) is 3.34. The fourth-order valence-corrected chi connectivity index (χ4v) is 3.21. The van der Waals surface area contributed by atoms with Crippen LogP contribution in [0.3, 0.4) is 0 Å². The van der Waals surface area contributed by atoms with Crippen LogP contribution in [0.25, 0.3) is 0 Å². The number of fused-ring (bicyclic) bond motifs is 1. The highest BCUT2D eigenvalue weighted by molar-refractivity contribution is 5.43. The molecule has 116 valence electrons. The van der Waals surface area contributed by atoms with E-state index < -0.39 is 0 Å². The third kappa shape index (κ3) is 2.33. The average molecular weight is 309 g/mol. The molecule has 0 spiro atoms. The summed E-state index contributed by atoms with van der Waals surface area (Å²) in [5.74, 6) is 1.06. The Hall–Kier alpha value is -2.86. The predicted molar refractivity (Wildman–Crippen MR) is 84.3 cm³/mol. The quantitative estimate of drug-likeness (QED) is 0.574. The van der Waals surface area contributed by atoms with E-state index in [0.717, 1.165) is 29.1 Å². The number of nitro benzene ring substituents is 1. The zero-order valence-corrected chi connectivity index (χ0v) is 12.2. The number of aromatic nitrogens is 1. The molecule has 2 N–H and O–H groups in total. The van der Waals surface area contributed by atoms with Gasteiger partial charge in [-0.05, 0) is 29.3 Å². The van der Waals surface area contributed by atoms with E-state index >= 15 is 0 Å². The summed E-state index contributed by atoms with van der Waals surface area (Å²) >= 11 is 0. The molecular weight excluding hydrogens is 294 g/mol. The highest BCUT2D eigenvalue weighted by Gasteiger charge is 2.31. The lowest BCUT2D eigenvalue weighted by atomic mass is 9.88. The first-order valence-corrected chi connectivity index (χ1v) is 7.42. The maximum Gasteiger partial charge on any atom is 0.269 e. The summed E-state index contributed by atoms with van der Waals surface area (Å²) in [6.45, 7) is 0.739. The van der Waals surface area contributed by atoms with E-state index in [1.54, 1.807) is 30.5 Å². The van der Waals surface area contributed by atoms with Crippen molar-refractivity contribution < 1.29 is 9.34 Å². The first-order valence-electron chi connectivity index (χ1n) is 7.42. The van der Waals surface area contributed by atoms with Gasteiger partial charge in [-0.2, -0.15) is 0 Å². The van der Waals surface area contributed by atoms with Crippen molar-refractivity contribution in [2.75, 3.05) is 6.54 Å². The fraction of sp³-hybridized carbons (Fsp3) is 0.176. The summed E-state index contributed by atoms with van der Waals surface area (Å²) in [6.07, 6.45) is 3.60. The van der Waals surface area contributed by atoms with E-state index in [4.69, 9.17) is 4.42 Å². The summed E-state index contributed by atoms with van der Waals surface area (Å²) in [5.41, 5.74) is 3.38. The topological polar surface area (TPSA) is 84.1 Å². The van der Waals surface area contributed by atoms with Crippen LogP contribution in [0.5, 0.6) is 0 Å². The fourth-order valence-electron chi connectivity index (χ4n) is 3.21. The second-order valence-corrected chi connectivity index (χ2v) is 5.60. The van der Waals surface area contributed by atoms with Gasteiger partial charge in [-0.1, -0.05) is 12.1 Å². The van der Waals surface area contributed by atoms with Crippen LogP contribution >= 0.6 is 0 Å². The molecule has 0 saturated heterocycles. The minimum atomic E-state index is -0.382. The number of non-ortho nitro benzene ring substituents is 1. The van der Waals surface area contributed by atoms with Gasteiger partial charge >= 0.3 is 0 Å². The van der Waals surface area contributed by atoms with Gasteiger partial charge in [0.05, 0.1) is 23.1 Å². The number of rotatable bonds is 3. The molecule has 0 fully saturated rings. The summed E-state index contributed by atoms with van der Waals surface area (Å²) < 4.78 is 5.55. The van der Waals surface area contributed by atoms with E-state index in [0.29, 0.717) is 0 Å². The molecule has 4 rings (SSSR count). The van der Waals surface area contributed by atoms with Crippen LogP contribution in [-0.4, -0.2) is 16.5 Å². The number of hydrogen-bond acceptors (Lipinski definition) is 4. The maximum atomic E-state index is 10.8. The number of aromatic amines is 1. The van der Waals surface area contributed by atoms with Crippen molar-refractivity contribution in [2.24, 2.45) is 0 Å². The number of nitrogens with zero attached hydrogens (tertiary/aromatic N) is 1. The smallest absolute Gasteiger partial charge is 0.269 e. The summed E-state index contributed by atoms with van der Waals surface area (Å²) in [5, 5.41) is 14.3. The average Bonchev–Trinajstić information content (AvgIpc) is 3.25. The molecule has 0 radical (unpaired) electrons. The lowest BCUT2D eigenvalue weighted by molar-refractivity contribution is -0.384. The molecule has 1 aliphatic rings. The van der Waals surface area contributed by atoms with Crippen molar-refractivity contribution in [1.29, 1.82) is 0 Å². The Kier molecular flexibility index (Phi) is 3.24. The zero-order chi connectivity index (χ0) is 15.8. The number of furan rings is 1. The minimum Gasteiger partial charge on any atom is -0.469 e. The number of nitrogens with one attached hydrogen (secondary N) is 2. The van der Waals surface area contributed by atoms with Crippen molar-refractivity contribution in [3.05, 3.63) is 87.6 Å². The molecule has 0 amide bonds. The second kappa shape index (κ2) is 5.40. The Balaban J connectivity index is 1.69. The van der Waals surface area contributed by atoms with E-state index in [9.17, 15) is 10.1 Å². The van der Waals surface area contributed by atoms with Crippen LogP contribution in [0.15, 0.2) is 59.3 Å². The van der Waals surface area contributed by atoms with E-state index in [-0.39, 0.29) is 22.6 Å². The van der Waals surface area contributed by atoms with Crippen LogP contribution in [0.2, 0.25) is 0 Å². The van der Waals surface area contributed by atoms with Gasteiger partial charge in [-0.15, -0.1) is 0 Å². The molecular formula is C17H15N3O3. The molecule has 2 aromatic heterocycles. The molecule has 3 heterocycles. The molecule has 2 atom stereocenters. The number of H-pyrrole nitrogens is 1. The van der Waals surface area contributed by atoms with Gasteiger partial charge < -0.3 is 14.7 Å². The Morgan fingerprint density at radius 1 is 1.17 bits per heavy atom. The van der Waals surface area contributed by atoms with Crippen LogP contribution in [-0.2, 0) is 0 Å². The normalized spacial score (nSPS) is 20.2. The molecule has 0 unspecified atom stereocenters. The van der Waals surface area contributed by atoms with Crippen molar-refractivity contribution in [3.8, 4) is 0 Å². The first kappa shape index (κ1) is 13.8. The number of benzene rings is 1. The van der Waals surface area contributed by atoms with Gasteiger partial charge in [-0.3, -0.25) is 10.1 Å². The zero-order valence-electron chi connectivity index (χ0n) is 12.2. The Bertz CT molecular complexity index is 821. The molecule has 6 nitrogen and oxygen atoms in total. The Morgan fingerprint density at radius 2 is 2.00 bits per heavy atom. The van der Waals surface area contributed by atoms with Crippen LogP contribution in [0, 0.1) is 10.1 Å². The monoisotopic (exact) mass is 309 g/mol. The van der Waals surface area contributed by atoms with Crippen molar-refractivity contribution in [1.82, 2.24) is 10.3 Å². The van der Waals surface area contributed by atoms with Gasteiger partial charge in [0.25, 0.3) is 5.69 Å².